The number of rotatable bonds is 4. The number of likely N-dealkylation sites (tertiary alicyclic amines) is 1. The number of hydrogen-bond donors (Lipinski definition) is 1. The fraction of sp³-hybridized carbons (Fsp3) is 0.929. The van der Waals surface area contributed by atoms with E-state index in [0.29, 0.717) is 5.41 Å². The Morgan fingerprint density at radius 3 is 2.29 bits per heavy atom. The summed E-state index contributed by atoms with van der Waals surface area (Å²) >= 11 is 0. The molecule has 3 nitrogen and oxygen atoms in total. The lowest BCUT2D eigenvalue weighted by Gasteiger charge is -2.40. The van der Waals surface area contributed by atoms with E-state index in [1.807, 2.05) is 4.90 Å². The summed E-state index contributed by atoms with van der Waals surface area (Å²) in [6.45, 7) is 10.5. The first kappa shape index (κ1) is 14.5. The first-order chi connectivity index (χ1) is 7.93. The predicted octanol–water partition coefficient (Wildman–Crippen LogP) is 2.40. The van der Waals surface area contributed by atoms with E-state index in [9.17, 15) is 4.79 Å². The molecule has 0 saturated carbocycles. The number of carbonyl (C=O) groups excluding carboxylic acids is 1. The smallest absolute Gasteiger partial charge is 0.239 e. The van der Waals surface area contributed by atoms with Crippen LogP contribution in [0.3, 0.4) is 0 Å². The molecule has 1 rings (SSSR count). The minimum absolute atomic E-state index is 0.150. The first-order valence-corrected chi connectivity index (χ1v) is 6.98. The van der Waals surface area contributed by atoms with Crippen molar-refractivity contribution in [2.24, 2.45) is 17.1 Å². The van der Waals surface area contributed by atoms with E-state index >= 15 is 0 Å². The minimum Gasteiger partial charge on any atom is -0.341 e. The summed E-state index contributed by atoms with van der Waals surface area (Å²) in [5.41, 5.74) is 6.44. The molecule has 0 aliphatic carbocycles. The van der Waals surface area contributed by atoms with Crippen molar-refractivity contribution in [2.75, 3.05) is 13.1 Å². The summed E-state index contributed by atoms with van der Waals surface area (Å²) in [6, 6.07) is -0.314. The molecule has 100 valence electrons. The summed E-state index contributed by atoms with van der Waals surface area (Å²) in [7, 11) is 0. The van der Waals surface area contributed by atoms with Crippen LogP contribution in [0.2, 0.25) is 0 Å². The molecule has 1 unspecified atom stereocenters. The van der Waals surface area contributed by atoms with Crippen LogP contribution in [-0.2, 0) is 4.79 Å². The van der Waals surface area contributed by atoms with Gasteiger partial charge in [0.25, 0.3) is 0 Å². The molecule has 0 spiro atoms. The van der Waals surface area contributed by atoms with Crippen molar-refractivity contribution in [2.45, 2.75) is 59.4 Å². The van der Waals surface area contributed by atoms with Crippen LogP contribution in [0.15, 0.2) is 0 Å². The maximum Gasteiger partial charge on any atom is 0.239 e. The molecule has 0 aromatic carbocycles. The molecule has 0 aromatic heterocycles. The third-order valence-electron chi connectivity index (χ3n) is 4.68. The number of amides is 1. The molecule has 0 aromatic rings. The van der Waals surface area contributed by atoms with Crippen molar-refractivity contribution in [1.29, 1.82) is 0 Å². The molecule has 1 saturated heterocycles. The Hall–Kier alpha value is -0.570. The SMILES string of the molecule is CCC(C)[C@H](N)C(=O)N1CCC(C)(CC)CC1. The summed E-state index contributed by atoms with van der Waals surface area (Å²) in [6.07, 6.45) is 4.39. The van der Waals surface area contributed by atoms with Crippen molar-refractivity contribution >= 4 is 5.91 Å². The van der Waals surface area contributed by atoms with Gasteiger partial charge in [-0.1, -0.05) is 40.5 Å². The molecule has 0 bridgehead atoms. The molecule has 1 heterocycles. The number of hydrogen-bond acceptors (Lipinski definition) is 2. The zero-order chi connectivity index (χ0) is 13.1. The maximum atomic E-state index is 12.2. The third-order valence-corrected chi connectivity index (χ3v) is 4.68. The van der Waals surface area contributed by atoms with Crippen molar-refractivity contribution < 1.29 is 4.79 Å². The van der Waals surface area contributed by atoms with Gasteiger partial charge >= 0.3 is 0 Å². The Labute approximate surface area is 106 Å². The van der Waals surface area contributed by atoms with Crippen LogP contribution in [0.1, 0.15) is 53.4 Å². The van der Waals surface area contributed by atoms with Gasteiger partial charge in [-0.05, 0) is 24.2 Å². The van der Waals surface area contributed by atoms with Gasteiger partial charge in [0.15, 0.2) is 0 Å². The Morgan fingerprint density at radius 2 is 1.88 bits per heavy atom. The second kappa shape index (κ2) is 5.85. The second-order valence-electron chi connectivity index (χ2n) is 5.90. The van der Waals surface area contributed by atoms with Crippen LogP contribution in [0.4, 0.5) is 0 Å². The monoisotopic (exact) mass is 240 g/mol. The van der Waals surface area contributed by atoms with Crippen molar-refractivity contribution in [3.05, 3.63) is 0 Å². The molecule has 0 radical (unpaired) electrons. The average Bonchev–Trinajstić information content (AvgIpc) is 2.37. The van der Waals surface area contributed by atoms with Gasteiger partial charge in [0.2, 0.25) is 5.91 Å². The predicted molar refractivity (Wildman–Crippen MR) is 71.6 cm³/mol. The standard InChI is InChI=1S/C14H28N2O/c1-5-11(3)12(15)13(17)16-9-7-14(4,6-2)8-10-16/h11-12H,5-10,15H2,1-4H3/t11?,12-/m0/s1. The summed E-state index contributed by atoms with van der Waals surface area (Å²) < 4.78 is 0. The molecule has 1 amide bonds. The van der Waals surface area contributed by atoms with Gasteiger partial charge in [0, 0.05) is 13.1 Å². The zero-order valence-electron chi connectivity index (χ0n) is 11.8. The third kappa shape index (κ3) is 3.44. The number of nitrogens with zero attached hydrogens (tertiary/aromatic N) is 1. The number of piperidine rings is 1. The van der Waals surface area contributed by atoms with E-state index < -0.39 is 0 Å². The molecule has 2 N–H and O–H groups in total. The first-order valence-electron chi connectivity index (χ1n) is 6.98. The van der Waals surface area contributed by atoms with Crippen LogP contribution in [0.5, 0.6) is 0 Å². The molecule has 2 atom stereocenters. The average molecular weight is 240 g/mol. The zero-order valence-corrected chi connectivity index (χ0v) is 11.8. The Bertz CT molecular complexity index is 257. The lowest BCUT2D eigenvalue weighted by atomic mass is 9.78. The Balaban J connectivity index is 2.51. The van der Waals surface area contributed by atoms with E-state index in [1.54, 1.807) is 0 Å². The molecular weight excluding hydrogens is 212 g/mol. The molecule has 3 heteroatoms. The molecule has 17 heavy (non-hydrogen) atoms. The molecule has 1 aliphatic rings. The minimum atomic E-state index is -0.314. The van der Waals surface area contributed by atoms with E-state index in [-0.39, 0.29) is 17.9 Å². The number of carbonyl (C=O) groups is 1. The Kier molecular flexibility index (Phi) is 4.99. The van der Waals surface area contributed by atoms with Crippen LogP contribution in [0.25, 0.3) is 0 Å². The van der Waals surface area contributed by atoms with Gasteiger partial charge < -0.3 is 10.6 Å². The van der Waals surface area contributed by atoms with Gasteiger partial charge in [-0.3, -0.25) is 4.79 Å². The molecular formula is C14H28N2O. The highest BCUT2D eigenvalue weighted by Gasteiger charge is 2.32. The fourth-order valence-corrected chi connectivity index (χ4v) is 2.33. The van der Waals surface area contributed by atoms with E-state index in [4.69, 9.17) is 5.73 Å². The van der Waals surface area contributed by atoms with E-state index in [0.717, 1.165) is 32.4 Å². The van der Waals surface area contributed by atoms with Crippen molar-refractivity contribution in [1.82, 2.24) is 4.90 Å². The van der Waals surface area contributed by atoms with Crippen LogP contribution in [-0.4, -0.2) is 29.9 Å². The van der Waals surface area contributed by atoms with Crippen LogP contribution >= 0.6 is 0 Å². The molecule has 1 fully saturated rings. The second-order valence-corrected chi connectivity index (χ2v) is 5.90. The summed E-state index contributed by atoms with van der Waals surface area (Å²) in [5.74, 6) is 0.430. The van der Waals surface area contributed by atoms with Gasteiger partial charge in [0.05, 0.1) is 6.04 Å². The van der Waals surface area contributed by atoms with Gasteiger partial charge in [-0.15, -0.1) is 0 Å². The fourth-order valence-electron chi connectivity index (χ4n) is 2.33. The number of nitrogens with two attached hydrogens (primary N) is 1. The van der Waals surface area contributed by atoms with Crippen molar-refractivity contribution in [3.63, 3.8) is 0 Å². The highest BCUT2D eigenvalue weighted by Crippen LogP contribution is 2.34. The highest BCUT2D eigenvalue weighted by atomic mass is 16.2. The van der Waals surface area contributed by atoms with Crippen LogP contribution < -0.4 is 5.73 Å². The van der Waals surface area contributed by atoms with E-state index in [2.05, 4.69) is 27.7 Å². The van der Waals surface area contributed by atoms with Gasteiger partial charge in [-0.25, -0.2) is 0 Å². The van der Waals surface area contributed by atoms with Crippen LogP contribution in [0, 0.1) is 11.3 Å². The molecule has 1 aliphatic heterocycles. The van der Waals surface area contributed by atoms with Gasteiger partial charge in [-0.2, -0.15) is 0 Å². The normalized spacial score (nSPS) is 23.2. The topological polar surface area (TPSA) is 46.3 Å². The lowest BCUT2D eigenvalue weighted by Crippen LogP contribution is -2.50. The Morgan fingerprint density at radius 1 is 1.35 bits per heavy atom. The van der Waals surface area contributed by atoms with Crippen molar-refractivity contribution in [3.8, 4) is 0 Å². The summed E-state index contributed by atoms with van der Waals surface area (Å²) in [5, 5.41) is 0. The quantitative estimate of drug-likeness (QED) is 0.820. The highest BCUT2D eigenvalue weighted by molar-refractivity contribution is 5.82. The van der Waals surface area contributed by atoms with E-state index in [1.165, 1.54) is 6.42 Å². The lowest BCUT2D eigenvalue weighted by molar-refractivity contribution is -0.136. The van der Waals surface area contributed by atoms with Gasteiger partial charge in [0.1, 0.15) is 0 Å². The largest absolute Gasteiger partial charge is 0.341 e. The summed E-state index contributed by atoms with van der Waals surface area (Å²) in [4.78, 5) is 14.2. The maximum absolute atomic E-state index is 12.2.